The minimum Gasteiger partial charge on any atom is -0.321 e. The largest absolute Gasteiger partial charge is 0.321 e. The van der Waals surface area contributed by atoms with E-state index in [1.165, 1.54) is 11.3 Å². The smallest absolute Gasteiger partial charge is 0.267 e. The summed E-state index contributed by atoms with van der Waals surface area (Å²) in [6.07, 6.45) is 0. The first-order valence-corrected chi connectivity index (χ1v) is 9.17. The first-order valence-electron chi connectivity index (χ1n) is 7.98. The molecule has 0 unspecified atom stereocenters. The van der Waals surface area contributed by atoms with Crippen molar-refractivity contribution in [1.82, 2.24) is 0 Å². The van der Waals surface area contributed by atoms with Crippen LogP contribution in [0.15, 0.2) is 36.4 Å². The van der Waals surface area contributed by atoms with Crippen LogP contribution >= 0.6 is 22.9 Å². The second kappa shape index (κ2) is 6.58. The molecule has 1 N–H and O–H groups in total. The predicted molar refractivity (Wildman–Crippen MR) is 105 cm³/mol. The molecule has 0 aliphatic rings. The van der Waals surface area contributed by atoms with Crippen LogP contribution in [-0.2, 0) is 0 Å². The fourth-order valence-corrected chi connectivity index (χ4v) is 4.34. The Hall–Kier alpha value is -1.84. The molecule has 3 rings (SSSR count). The second-order valence-electron chi connectivity index (χ2n) is 6.39. The van der Waals surface area contributed by atoms with Gasteiger partial charge in [-0.2, -0.15) is 0 Å². The third-order valence-electron chi connectivity index (χ3n) is 4.16. The van der Waals surface area contributed by atoms with Gasteiger partial charge < -0.3 is 5.32 Å². The number of anilines is 1. The van der Waals surface area contributed by atoms with Gasteiger partial charge in [0.05, 0.1) is 5.02 Å². The highest BCUT2D eigenvalue weighted by atomic mass is 35.5. The highest BCUT2D eigenvalue weighted by molar-refractivity contribution is 7.21. The number of carbonyl (C=O) groups is 1. The van der Waals surface area contributed by atoms with Gasteiger partial charge in [0.2, 0.25) is 0 Å². The summed E-state index contributed by atoms with van der Waals surface area (Å²) in [7, 11) is 0. The molecule has 0 saturated heterocycles. The first kappa shape index (κ1) is 17.0. The number of aryl methyl sites for hydroxylation is 2. The highest BCUT2D eigenvalue weighted by Gasteiger charge is 2.19. The number of rotatable bonds is 3. The lowest BCUT2D eigenvalue weighted by molar-refractivity contribution is 0.103. The molecule has 2 aromatic carbocycles. The number of hydrogen-bond acceptors (Lipinski definition) is 2. The lowest BCUT2D eigenvalue weighted by atomic mass is 9.98. The molecule has 0 saturated carbocycles. The normalized spacial score (nSPS) is 11.2. The van der Waals surface area contributed by atoms with Crippen molar-refractivity contribution in [3.05, 3.63) is 63.0 Å². The molecule has 0 aliphatic carbocycles. The summed E-state index contributed by atoms with van der Waals surface area (Å²) in [5, 5.41) is 4.55. The summed E-state index contributed by atoms with van der Waals surface area (Å²) in [5.74, 6) is 0.191. The predicted octanol–water partition coefficient (Wildman–Crippen LogP) is 6.55. The minimum absolute atomic E-state index is 0.143. The standard InChI is InChI=1S/C20H20ClNOS/c1-11(2)14-7-5-6-13(4)18(14)22-20(23)19-17(21)15-9-8-12(3)10-16(15)24-19/h5-11H,1-4H3,(H,22,23). The Kier molecular flexibility index (Phi) is 4.66. The van der Waals surface area contributed by atoms with Gasteiger partial charge in [0.15, 0.2) is 0 Å². The molecule has 0 fully saturated rings. The lowest BCUT2D eigenvalue weighted by Crippen LogP contribution is -2.14. The fourth-order valence-electron chi connectivity index (χ4n) is 2.83. The van der Waals surface area contributed by atoms with Crippen LogP contribution in [0.3, 0.4) is 0 Å². The van der Waals surface area contributed by atoms with Gasteiger partial charge in [-0.3, -0.25) is 4.79 Å². The van der Waals surface area contributed by atoms with Gasteiger partial charge in [-0.1, -0.05) is 55.8 Å². The van der Waals surface area contributed by atoms with E-state index in [-0.39, 0.29) is 5.91 Å². The molecular weight excluding hydrogens is 338 g/mol. The Morgan fingerprint density at radius 3 is 2.62 bits per heavy atom. The highest BCUT2D eigenvalue weighted by Crippen LogP contribution is 2.37. The van der Waals surface area contributed by atoms with Crippen LogP contribution in [0.1, 0.15) is 46.1 Å². The van der Waals surface area contributed by atoms with Crippen LogP contribution in [0.4, 0.5) is 5.69 Å². The zero-order valence-electron chi connectivity index (χ0n) is 14.2. The molecular formula is C20H20ClNOS. The van der Waals surface area contributed by atoms with Gasteiger partial charge in [-0.05, 0) is 42.5 Å². The van der Waals surface area contributed by atoms with E-state index < -0.39 is 0 Å². The summed E-state index contributed by atoms with van der Waals surface area (Å²) in [6, 6.07) is 12.2. The van der Waals surface area contributed by atoms with Crippen molar-refractivity contribution in [3.8, 4) is 0 Å². The van der Waals surface area contributed by atoms with Crippen molar-refractivity contribution in [2.24, 2.45) is 0 Å². The molecule has 24 heavy (non-hydrogen) atoms. The summed E-state index contributed by atoms with van der Waals surface area (Å²) >= 11 is 7.90. The van der Waals surface area contributed by atoms with Crippen molar-refractivity contribution in [1.29, 1.82) is 0 Å². The zero-order valence-corrected chi connectivity index (χ0v) is 15.8. The van der Waals surface area contributed by atoms with Gasteiger partial charge in [-0.25, -0.2) is 0 Å². The second-order valence-corrected chi connectivity index (χ2v) is 7.82. The number of amides is 1. The zero-order chi connectivity index (χ0) is 17.4. The molecule has 0 spiro atoms. The van der Waals surface area contributed by atoms with E-state index in [1.807, 2.05) is 38.1 Å². The van der Waals surface area contributed by atoms with Crippen LogP contribution in [0.2, 0.25) is 5.02 Å². The molecule has 2 nitrogen and oxygen atoms in total. The molecule has 0 bridgehead atoms. The van der Waals surface area contributed by atoms with E-state index in [9.17, 15) is 4.79 Å². The number of halogens is 1. The number of carbonyl (C=O) groups excluding carboxylic acids is 1. The molecule has 124 valence electrons. The maximum absolute atomic E-state index is 12.8. The Morgan fingerprint density at radius 2 is 1.92 bits per heavy atom. The molecule has 0 aliphatic heterocycles. The summed E-state index contributed by atoms with van der Waals surface area (Å²) < 4.78 is 1.04. The van der Waals surface area contributed by atoms with Gasteiger partial charge in [0, 0.05) is 15.8 Å². The van der Waals surface area contributed by atoms with E-state index in [1.54, 1.807) is 0 Å². The number of fused-ring (bicyclic) bond motifs is 1. The molecule has 0 atom stereocenters. The van der Waals surface area contributed by atoms with Gasteiger partial charge in [0.25, 0.3) is 5.91 Å². The third-order valence-corrected chi connectivity index (χ3v) is 5.81. The number of benzene rings is 2. The van der Waals surface area contributed by atoms with Crippen molar-refractivity contribution in [3.63, 3.8) is 0 Å². The monoisotopic (exact) mass is 357 g/mol. The van der Waals surface area contributed by atoms with Crippen molar-refractivity contribution in [2.45, 2.75) is 33.6 Å². The minimum atomic E-state index is -0.143. The third kappa shape index (κ3) is 3.06. The van der Waals surface area contributed by atoms with E-state index in [0.717, 1.165) is 32.5 Å². The van der Waals surface area contributed by atoms with Crippen molar-refractivity contribution in [2.75, 3.05) is 5.32 Å². The molecule has 4 heteroatoms. The summed E-state index contributed by atoms with van der Waals surface area (Å²) in [4.78, 5) is 13.4. The number of para-hydroxylation sites is 1. The average Bonchev–Trinajstić information content (AvgIpc) is 2.85. The van der Waals surface area contributed by atoms with E-state index in [4.69, 9.17) is 11.6 Å². The number of thiophene rings is 1. The van der Waals surface area contributed by atoms with Gasteiger partial charge in [0.1, 0.15) is 4.88 Å². The van der Waals surface area contributed by atoms with Crippen LogP contribution < -0.4 is 5.32 Å². The van der Waals surface area contributed by atoms with Gasteiger partial charge in [-0.15, -0.1) is 11.3 Å². The van der Waals surface area contributed by atoms with Crippen molar-refractivity contribution < 1.29 is 4.79 Å². The Morgan fingerprint density at radius 1 is 1.17 bits per heavy atom. The van der Waals surface area contributed by atoms with Crippen LogP contribution in [-0.4, -0.2) is 5.91 Å². The fraction of sp³-hybridized carbons (Fsp3) is 0.250. The first-order chi connectivity index (χ1) is 11.4. The Labute approximate surface area is 151 Å². The average molecular weight is 358 g/mol. The van der Waals surface area contributed by atoms with E-state index >= 15 is 0 Å². The van der Waals surface area contributed by atoms with Crippen LogP contribution in [0.25, 0.3) is 10.1 Å². The SMILES string of the molecule is Cc1ccc2c(Cl)c(C(=O)Nc3c(C)cccc3C(C)C)sc2c1. The van der Waals surface area contributed by atoms with E-state index in [2.05, 4.69) is 31.3 Å². The molecule has 1 heterocycles. The maximum Gasteiger partial charge on any atom is 0.267 e. The topological polar surface area (TPSA) is 29.1 Å². The molecule has 1 amide bonds. The van der Waals surface area contributed by atoms with Crippen LogP contribution in [0, 0.1) is 13.8 Å². The maximum atomic E-state index is 12.8. The van der Waals surface area contributed by atoms with Crippen LogP contribution in [0.5, 0.6) is 0 Å². The van der Waals surface area contributed by atoms with Gasteiger partial charge >= 0.3 is 0 Å². The Balaban J connectivity index is 2.01. The number of hydrogen-bond donors (Lipinski definition) is 1. The quantitative estimate of drug-likeness (QED) is 0.566. The number of nitrogens with one attached hydrogen (secondary N) is 1. The summed E-state index contributed by atoms with van der Waals surface area (Å²) in [5.41, 5.74) is 4.25. The molecule has 3 aromatic rings. The van der Waals surface area contributed by atoms with Crippen molar-refractivity contribution >= 4 is 44.6 Å². The molecule has 0 radical (unpaired) electrons. The lowest BCUT2D eigenvalue weighted by Gasteiger charge is -2.16. The Bertz CT molecular complexity index is 927. The summed E-state index contributed by atoms with van der Waals surface area (Å²) in [6.45, 7) is 8.30. The molecule has 1 aromatic heterocycles. The van der Waals surface area contributed by atoms with E-state index in [0.29, 0.717) is 15.8 Å².